The van der Waals surface area contributed by atoms with E-state index in [9.17, 15) is 0 Å². The van der Waals surface area contributed by atoms with Crippen molar-refractivity contribution in [2.75, 3.05) is 27.4 Å². The molecule has 2 unspecified atom stereocenters. The van der Waals surface area contributed by atoms with E-state index < -0.39 is 0 Å². The van der Waals surface area contributed by atoms with Crippen molar-refractivity contribution >= 4 is 0 Å². The molecule has 0 saturated heterocycles. The third-order valence-electron chi connectivity index (χ3n) is 2.64. The minimum absolute atomic E-state index is 0.0840. The monoisotopic (exact) mass is 227 g/mol. The number of aryl methyl sites for hydroxylation is 1. The SMILES string of the molecule is COCC(CNC(C)c1ccnn1C)OC. The smallest absolute Gasteiger partial charge is 0.0928 e. The second kappa shape index (κ2) is 6.62. The van der Waals surface area contributed by atoms with Gasteiger partial charge >= 0.3 is 0 Å². The molecule has 0 aliphatic rings. The van der Waals surface area contributed by atoms with E-state index in [2.05, 4.69) is 17.3 Å². The van der Waals surface area contributed by atoms with Crippen molar-refractivity contribution in [1.29, 1.82) is 0 Å². The van der Waals surface area contributed by atoms with Gasteiger partial charge in [0.15, 0.2) is 0 Å². The summed E-state index contributed by atoms with van der Waals surface area (Å²) in [5, 5.41) is 7.54. The fourth-order valence-electron chi connectivity index (χ4n) is 1.62. The fraction of sp³-hybridized carbons (Fsp3) is 0.727. The predicted molar refractivity (Wildman–Crippen MR) is 62.3 cm³/mol. The fourth-order valence-corrected chi connectivity index (χ4v) is 1.62. The molecule has 0 aromatic carbocycles. The number of nitrogens with zero attached hydrogens (tertiary/aromatic N) is 2. The molecule has 16 heavy (non-hydrogen) atoms. The van der Waals surface area contributed by atoms with Crippen molar-refractivity contribution in [2.24, 2.45) is 7.05 Å². The van der Waals surface area contributed by atoms with Gasteiger partial charge in [0.2, 0.25) is 0 Å². The highest BCUT2D eigenvalue weighted by molar-refractivity contribution is 5.05. The van der Waals surface area contributed by atoms with E-state index in [1.54, 1.807) is 20.4 Å². The Bertz CT molecular complexity index is 301. The molecule has 1 aromatic heterocycles. The van der Waals surface area contributed by atoms with Gasteiger partial charge < -0.3 is 14.8 Å². The highest BCUT2D eigenvalue weighted by Crippen LogP contribution is 2.09. The van der Waals surface area contributed by atoms with Crippen LogP contribution in [-0.4, -0.2) is 43.3 Å². The zero-order chi connectivity index (χ0) is 12.0. The van der Waals surface area contributed by atoms with Crippen molar-refractivity contribution in [1.82, 2.24) is 15.1 Å². The number of methoxy groups -OCH3 is 2. The first kappa shape index (κ1) is 13.2. The molecule has 5 heteroatoms. The van der Waals surface area contributed by atoms with E-state index in [0.29, 0.717) is 6.61 Å². The molecule has 1 heterocycles. The molecule has 92 valence electrons. The number of hydrogen-bond acceptors (Lipinski definition) is 4. The van der Waals surface area contributed by atoms with Crippen LogP contribution in [0.4, 0.5) is 0 Å². The summed E-state index contributed by atoms with van der Waals surface area (Å²) in [6.07, 6.45) is 1.89. The lowest BCUT2D eigenvalue weighted by atomic mass is 10.2. The summed E-state index contributed by atoms with van der Waals surface area (Å²) in [6.45, 7) is 3.47. The summed E-state index contributed by atoms with van der Waals surface area (Å²) in [7, 11) is 5.31. The molecule has 1 rings (SSSR count). The van der Waals surface area contributed by atoms with E-state index in [4.69, 9.17) is 9.47 Å². The summed E-state index contributed by atoms with van der Waals surface area (Å²) in [5.74, 6) is 0. The number of nitrogens with one attached hydrogen (secondary N) is 1. The molecule has 2 atom stereocenters. The van der Waals surface area contributed by atoms with Gasteiger partial charge in [-0.1, -0.05) is 0 Å². The molecule has 0 aliphatic heterocycles. The van der Waals surface area contributed by atoms with Crippen molar-refractivity contribution in [3.05, 3.63) is 18.0 Å². The molecule has 0 amide bonds. The maximum atomic E-state index is 5.28. The van der Waals surface area contributed by atoms with Gasteiger partial charge in [-0.25, -0.2) is 0 Å². The third kappa shape index (κ3) is 3.59. The van der Waals surface area contributed by atoms with Crippen LogP contribution in [0.15, 0.2) is 12.3 Å². The van der Waals surface area contributed by atoms with Crippen LogP contribution in [0.1, 0.15) is 18.7 Å². The van der Waals surface area contributed by atoms with Crippen LogP contribution in [0.25, 0.3) is 0 Å². The van der Waals surface area contributed by atoms with Gasteiger partial charge in [0, 0.05) is 40.1 Å². The predicted octanol–water partition coefficient (Wildman–Crippen LogP) is 0.732. The molecular weight excluding hydrogens is 206 g/mol. The van der Waals surface area contributed by atoms with E-state index in [-0.39, 0.29) is 12.1 Å². The number of rotatable bonds is 7. The topological polar surface area (TPSA) is 48.3 Å². The van der Waals surface area contributed by atoms with Crippen LogP contribution in [0.5, 0.6) is 0 Å². The average molecular weight is 227 g/mol. The third-order valence-corrected chi connectivity index (χ3v) is 2.64. The maximum absolute atomic E-state index is 5.28. The molecule has 5 nitrogen and oxygen atoms in total. The highest BCUT2D eigenvalue weighted by Gasteiger charge is 2.12. The zero-order valence-electron chi connectivity index (χ0n) is 10.4. The van der Waals surface area contributed by atoms with Gasteiger partial charge in [0.05, 0.1) is 18.4 Å². The Kier molecular flexibility index (Phi) is 5.45. The summed E-state index contributed by atoms with van der Waals surface area (Å²) in [5.41, 5.74) is 1.16. The first-order chi connectivity index (χ1) is 7.69. The number of aromatic nitrogens is 2. The summed E-state index contributed by atoms with van der Waals surface area (Å²) in [6, 6.07) is 2.26. The highest BCUT2D eigenvalue weighted by atomic mass is 16.5. The molecule has 0 bridgehead atoms. The van der Waals surface area contributed by atoms with Gasteiger partial charge in [0.1, 0.15) is 0 Å². The molecule has 0 radical (unpaired) electrons. The van der Waals surface area contributed by atoms with Crippen molar-refractivity contribution < 1.29 is 9.47 Å². The summed E-state index contributed by atoms with van der Waals surface area (Å²) in [4.78, 5) is 0. The second-order valence-electron chi connectivity index (χ2n) is 3.82. The van der Waals surface area contributed by atoms with Crippen LogP contribution in [0, 0.1) is 0 Å². The normalized spacial score (nSPS) is 15.0. The Balaban J connectivity index is 2.40. The zero-order valence-corrected chi connectivity index (χ0v) is 10.4. The van der Waals surface area contributed by atoms with E-state index in [1.807, 2.05) is 17.8 Å². The molecule has 1 aromatic rings. The second-order valence-corrected chi connectivity index (χ2v) is 3.82. The largest absolute Gasteiger partial charge is 0.382 e. The molecule has 0 spiro atoms. The van der Waals surface area contributed by atoms with Gasteiger partial charge in [-0.15, -0.1) is 0 Å². The molecule has 0 fully saturated rings. The Morgan fingerprint density at radius 3 is 2.75 bits per heavy atom. The van der Waals surface area contributed by atoms with Crippen LogP contribution in [0.3, 0.4) is 0 Å². The van der Waals surface area contributed by atoms with Gasteiger partial charge in [-0.3, -0.25) is 4.68 Å². The minimum Gasteiger partial charge on any atom is -0.382 e. The number of hydrogen-bond donors (Lipinski definition) is 1. The van der Waals surface area contributed by atoms with Crippen LogP contribution < -0.4 is 5.32 Å². The molecule has 1 N–H and O–H groups in total. The van der Waals surface area contributed by atoms with E-state index in [1.165, 1.54) is 0 Å². The number of ether oxygens (including phenoxy) is 2. The minimum atomic E-state index is 0.0840. The molecule has 0 aliphatic carbocycles. The standard InChI is InChI=1S/C11H21N3O2/c1-9(11-5-6-13-14(11)2)12-7-10(16-4)8-15-3/h5-6,9-10,12H,7-8H2,1-4H3. The molecule has 0 saturated carbocycles. The lowest BCUT2D eigenvalue weighted by Crippen LogP contribution is -2.33. The van der Waals surface area contributed by atoms with E-state index in [0.717, 1.165) is 12.2 Å². The Hall–Kier alpha value is -0.910. The average Bonchev–Trinajstić information content (AvgIpc) is 2.70. The Morgan fingerprint density at radius 2 is 2.25 bits per heavy atom. The Labute approximate surface area is 96.7 Å². The van der Waals surface area contributed by atoms with Crippen LogP contribution in [0.2, 0.25) is 0 Å². The maximum Gasteiger partial charge on any atom is 0.0928 e. The van der Waals surface area contributed by atoms with Crippen molar-refractivity contribution in [3.63, 3.8) is 0 Å². The van der Waals surface area contributed by atoms with Gasteiger partial charge in [-0.2, -0.15) is 5.10 Å². The van der Waals surface area contributed by atoms with E-state index >= 15 is 0 Å². The lowest BCUT2D eigenvalue weighted by Gasteiger charge is -2.19. The first-order valence-electron chi connectivity index (χ1n) is 5.42. The lowest BCUT2D eigenvalue weighted by molar-refractivity contribution is 0.0275. The van der Waals surface area contributed by atoms with Gasteiger partial charge in [0.25, 0.3) is 0 Å². The Morgan fingerprint density at radius 1 is 1.50 bits per heavy atom. The van der Waals surface area contributed by atoms with Gasteiger partial charge in [-0.05, 0) is 13.0 Å². The van der Waals surface area contributed by atoms with Crippen LogP contribution in [-0.2, 0) is 16.5 Å². The van der Waals surface area contributed by atoms with Crippen molar-refractivity contribution in [3.8, 4) is 0 Å². The quantitative estimate of drug-likeness (QED) is 0.746. The summed E-state index contributed by atoms with van der Waals surface area (Å²) >= 11 is 0. The van der Waals surface area contributed by atoms with Crippen LogP contribution >= 0.6 is 0 Å². The summed E-state index contributed by atoms with van der Waals surface area (Å²) < 4.78 is 12.2. The first-order valence-corrected chi connectivity index (χ1v) is 5.42. The van der Waals surface area contributed by atoms with Crippen molar-refractivity contribution in [2.45, 2.75) is 19.1 Å². The molecular formula is C11H21N3O2.